The predicted octanol–water partition coefficient (Wildman–Crippen LogP) is 2.27. The van der Waals surface area contributed by atoms with Gasteiger partial charge in [-0.25, -0.2) is 0 Å². The van der Waals surface area contributed by atoms with Gasteiger partial charge in [-0.3, -0.25) is 9.59 Å². The second kappa shape index (κ2) is 7.13. The molecule has 5 heteroatoms. The number of anilines is 1. The number of benzene rings is 1. The normalized spacial score (nSPS) is 17.6. The molecule has 5 nitrogen and oxygen atoms in total. The lowest BCUT2D eigenvalue weighted by molar-refractivity contribution is -0.127. The Hall–Kier alpha value is -1.88. The molecule has 0 bridgehead atoms. The summed E-state index contributed by atoms with van der Waals surface area (Å²) in [4.78, 5) is 24.6. The maximum Gasteiger partial charge on any atom is 0.236 e. The van der Waals surface area contributed by atoms with Crippen LogP contribution in [0.3, 0.4) is 0 Å². The number of carbonyl (C=O) groups excluding carboxylic acids is 2. The van der Waals surface area contributed by atoms with Gasteiger partial charge in [0.1, 0.15) is 0 Å². The molecule has 1 aliphatic carbocycles. The molecule has 0 radical (unpaired) electrons. The number of nitrogens with one attached hydrogen (secondary N) is 2. The molecule has 2 rings (SSSR count). The molecule has 23 heavy (non-hydrogen) atoms. The molecule has 0 unspecified atom stereocenters. The summed E-state index contributed by atoms with van der Waals surface area (Å²) >= 11 is 0. The Bertz CT molecular complexity index is 590. The fraction of sp³-hybridized carbons (Fsp3) is 0.556. The second-order valence-electron chi connectivity index (χ2n) is 6.75. The van der Waals surface area contributed by atoms with Gasteiger partial charge in [0.2, 0.25) is 11.8 Å². The monoisotopic (exact) mass is 317 g/mol. The van der Waals surface area contributed by atoms with Crippen LogP contribution in [0.1, 0.15) is 43.7 Å². The minimum absolute atomic E-state index is 0.0109. The fourth-order valence-corrected chi connectivity index (χ4v) is 3.04. The zero-order chi connectivity index (χ0) is 17.0. The summed E-state index contributed by atoms with van der Waals surface area (Å²) in [6.07, 6.45) is 3.61. The van der Waals surface area contributed by atoms with Crippen LogP contribution in [0.2, 0.25) is 0 Å². The first-order valence-electron chi connectivity index (χ1n) is 8.26. The van der Waals surface area contributed by atoms with E-state index in [1.54, 1.807) is 6.92 Å². The Labute approximate surface area is 138 Å². The SMILES string of the molecule is Cc1ccc(NC(=O)C2(CNC(=O)[C@@H](C)N)CCCC2)cc1C. The molecule has 0 aromatic heterocycles. The van der Waals surface area contributed by atoms with Gasteiger partial charge in [-0.15, -0.1) is 0 Å². The maximum absolute atomic E-state index is 12.8. The highest BCUT2D eigenvalue weighted by Gasteiger charge is 2.41. The zero-order valence-corrected chi connectivity index (χ0v) is 14.2. The van der Waals surface area contributed by atoms with E-state index in [-0.39, 0.29) is 11.8 Å². The number of hydrogen-bond donors (Lipinski definition) is 3. The highest BCUT2D eigenvalue weighted by molar-refractivity contribution is 5.96. The fourth-order valence-electron chi connectivity index (χ4n) is 3.04. The molecule has 1 fully saturated rings. The molecular weight excluding hydrogens is 290 g/mol. The van der Waals surface area contributed by atoms with Crippen LogP contribution in [-0.2, 0) is 9.59 Å². The average molecular weight is 317 g/mol. The number of rotatable bonds is 5. The van der Waals surface area contributed by atoms with Crippen molar-refractivity contribution in [2.24, 2.45) is 11.1 Å². The molecule has 1 aromatic carbocycles. The molecule has 0 aliphatic heterocycles. The molecule has 1 aliphatic rings. The second-order valence-corrected chi connectivity index (χ2v) is 6.75. The van der Waals surface area contributed by atoms with Crippen LogP contribution in [-0.4, -0.2) is 24.4 Å². The van der Waals surface area contributed by atoms with Crippen molar-refractivity contribution in [3.05, 3.63) is 29.3 Å². The van der Waals surface area contributed by atoms with E-state index >= 15 is 0 Å². The minimum atomic E-state index is -0.559. The predicted molar refractivity (Wildman–Crippen MR) is 92.1 cm³/mol. The molecule has 4 N–H and O–H groups in total. The number of aryl methyl sites for hydroxylation is 2. The smallest absolute Gasteiger partial charge is 0.236 e. The van der Waals surface area contributed by atoms with Crippen molar-refractivity contribution in [2.45, 2.75) is 52.5 Å². The number of nitrogens with two attached hydrogens (primary N) is 1. The highest BCUT2D eigenvalue weighted by Crippen LogP contribution is 2.38. The van der Waals surface area contributed by atoms with Crippen LogP contribution in [0.5, 0.6) is 0 Å². The van der Waals surface area contributed by atoms with E-state index in [4.69, 9.17) is 5.73 Å². The van der Waals surface area contributed by atoms with Gasteiger partial charge < -0.3 is 16.4 Å². The zero-order valence-electron chi connectivity index (χ0n) is 14.2. The summed E-state index contributed by atoms with van der Waals surface area (Å²) in [6.45, 7) is 6.07. The largest absolute Gasteiger partial charge is 0.354 e. The molecule has 0 spiro atoms. The Kier molecular flexibility index (Phi) is 5.42. The van der Waals surface area contributed by atoms with Crippen molar-refractivity contribution in [2.75, 3.05) is 11.9 Å². The van der Waals surface area contributed by atoms with Crippen LogP contribution in [0, 0.1) is 19.3 Å². The minimum Gasteiger partial charge on any atom is -0.354 e. The Balaban J connectivity index is 2.08. The highest BCUT2D eigenvalue weighted by atomic mass is 16.2. The van der Waals surface area contributed by atoms with Gasteiger partial charge in [-0.1, -0.05) is 18.9 Å². The molecule has 126 valence electrons. The van der Waals surface area contributed by atoms with Gasteiger partial charge >= 0.3 is 0 Å². The summed E-state index contributed by atoms with van der Waals surface area (Å²) in [7, 11) is 0. The van der Waals surface area contributed by atoms with Crippen LogP contribution < -0.4 is 16.4 Å². The van der Waals surface area contributed by atoms with Gasteiger partial charge in [0, 0.05) is 12.2 Å². The van der Waals surface area contributed by atoms with E-state index in [1.807, 2.05) is 32.0 Å². The molecule has 2 amide bonds. The molecule has 0 heterocycles. The van der Waals surface area contributed by atoms with E-state index in [9.17, 15) is 9.59 Å². The van der Waals surface area contributed by atoms with Crippen LogP contribution in [0.15, 0.2) is 18.2 Å². The number of amides is 2. The Morgan fingerprint density at radius 1 is 1.22 bits per heavy atom. The molecule has 0 saturated heterocycles. The van der Waals surface area contributed by atoms with E-state index in [0.717, 1.165) is 36.9 Å². The van der Waals surface area contributed by atoms with Crippen molar-refractivity contribution in [3.8, 4) is 0 Å². The third kappa shape index (κ3) is 4.10. The van der Waals surface area contributed by atoms with E-state index in [1.165, 1.54) is 5.56 Å². The topological polar surface area (TPSA) is 84.2 Å². The lowest BCUT2D eigenvalue weighted by Gasteiger charge is -2.28. The lowest BCUT2D eigenvalue weighted by Crippen LogP contribution is -2.47. The van der Waals surface area contributed by atoms with Crippen LogP contribution in [0.25, 0.3) is 0 Å². The first kappa shape index (κ1) is 17.5. The molecule has 1 atom stereocenters. The van der Waals surface area contributed by atoms with Gasteiger partial charge in [0.25, 0.3) is 0 Å². The van der Waals surface area contributed by atoms with Crippen LogP contribution >= 0.6 is 0 Å². The lowest BCUT2D eigenvalue weighted by atomic mass is 9.84. The summed E-state index contributed by atoms with van der Waals surface area (Å²) in [6, 6.07) is 5.35. The van der Waals surface area contributed by atoms with Crippen molar-refractivity contribution in [1.82, 2.24) is 5.32 Å². The summed E-state index contributed by atoms with van der Waals surface area (Å²) < 4.78 is 0. The van der Waals surface area contributed by atoms with Crippen LogP contribution in [0.4, 0.5) is 5.69 Å². The van der Waals surface area contributed by atoms with Gasteiger partial charge in [-0.2, -0.15) is 0 Å². The Morgan fingerprint density at radius 3 is 2.43 bits per heavy atom. The summed E-state index contributed by atoms with van der Waals surface area (Å²) in [5.41, 5.74) is 8.21. The number of carbonyl (C=O) groups is 2. The van der Waals surface area contributed by atoms with Crippen molar-refractivity contribution >= 4 is 17.5 Å². The molecular formula is C18H27N3O2. The molecule has 1 aromatic rings. The van der Waals surface area contributed by atoms with Crippen molar-refractivity contribution < 1.29 is 9.59 Å². The van der Waals surface area contributed by atoms with Gasteiger partial charge in [-0.05, 0) is 56.9 Å². The number of hydrogen-bond acceptors (Lipinski definition) is 3. The quantitative estimate of drug-likeness (QED) is 0.779. The van der Waals surface area contributed by atoms with E-state index in [2.05, 4.69) is 10.6 Å². The first-order chi connectivity index (χ1) is 10.8. The standard InChI is InChI=1S/C18H27N3O2/c1-12-6-7-15(10-13(12)2)21-17(23)18(8-4-5-9-18)11-20-16(22)14(3)19/h6-7,10,14H,4-5,8-9,11,19H2,1-3H3,(H,20,22)(H,21,23)/t14-/m1/s1. The van der Waals surface area contributed by atoms with Crippen molar-refractivity contribution in [1.29, 1.82) is 0 Å². The van der Waals surface area contributed by atoms with E-state index < -0.39 is 11.5 Å². The molecule has 1 saturated carbocycles. The van der Waals surface area contributed by atoms with Gasteiger partial charge in [0.15, 0.2) is 0 Å². The maximum atomic E-state index is 12.8. The van der Waals surface area contributed by atoms with Crippen molar-refractivity contribution in [3.63, 3.8) is 0 Å². The average Bonchev–Trinajstić information content (AvgIpc) is 2.98. The third-order valence-electron chi connectivity index (χ3n) is 4.82. The third-order valence-corrected chi connectivity index (χ3v) is 4.82. The Morgan fingerprint density at radius 2 is 1.87 bits per heavy atom. The van der Waals surface area contributed by atoms with Gasteiger partial charge in [0.05, 0.1) is 11.5 Å². The van der Waals surface area contributed by atoms with E-state index in [0.29, 0.717) is 6.54 Å². The summed E-state index contributed by atoms with van der Waals surface area (Å²) in [5, 5.41) is 5.85. The first-order valence-corrected chi connectivity index (χ1v) is 8.26. The summed E-state index contributed by atoms with van der Waals surface area (Å²) in [5.74, 6) is -0.224.